The lowest BCUT2D eigenvalue weighted by Gasteiger charge is -2.17. The maximum atomic E-state index is 14.2. The molecule has 0 aliphatic heterocycles. The third-order valence-electron chi connectivity index (χ3n) is 3.07. The molecule has 2 rings (SSSR count). The molecular weight excluding hydrogens is 280 g/mol. The number of hydrogen-bond donors (Lipinski definition) is 1. The van der Waals surface area contributed by atoms with Crippen LogP contribution in [0.3, 0.4) is 0 Å². The molecule has 0 aliphatic carbocycles. The summed E-state index contributed by atoms with van der Waals surface area (Å²) >= 11 is 0. The summed E-state index contributed by atoms with van der Waals surface area (Å²) in [6, 6.07) is 7.36. The Morgan fingerprint density at radius 2 is 2.00 bits per heavy atom. The molecule has 0 saturated heterocycles. The number of aromatic carboxylic acids is 1. The molecule has 1 N–H and O–H groups in total. The van der Waals surface area contributed by atoms with Gasteiger partial charge in [0.2, 0.25) is 0 Å². The molecule has 0 unspecified atom stereocenters. The number of hydrogen-bond acceptors (Lipinski definition) is 3. The molecule has 0 spiro atoms. The fourth-order valence-electron chi connectivity index (χ4n) is 2.07. The van der Waals surface area contributed by atoms with Crippen molar-refractivity contribution >= 4 is 5.97 Å². The normalized spacial score (nSPS) is 11.6. The molecule has 7 heteroatoms. The van der Waals surface area contributed by atoms with Gasteiger partial charge < -0.3 is 5.11 Å². The van der Waals surface area contributed by atoms with Gasteiger partial charge in [-0.3, -0.25) is 0 Å². The van der Waals surface area contributed by atoms with Crippen LogP contribution in [-0.4, -0.2) is 26.1 Å². The molecule has 0 saturated carbocycles. The van der Waals surface area contributed by atoms with E-state index in [0.717, 1.165) is 4.68 Å². The first-order valence-electron chi connectivity index (χ1n) is 6.54. The number of carboxylic acid groups (broad SMARTS) is 1. The van der Waals surface area contributed by atoms with Crippen molar-refractivity contribution in [2.45, 2.75) is 32.2 Å². The van der Waals surface area contributed by atoms with E-state index < -0.39 is 18.4 Å². The molecule has 1 heterocycles. The highest BCUT2D eigenvalue weighted by atomic mass is 19.3. The summed E-state index contributed by atoms with van der Waals surface area (Å²) in [7, 11) is 0. The second-order valence-electron chi connectivity index (χ2n) is 4.67. The van der Waals surface area contributed by atoms with Crippen molar-refractivity contribution in [3.8, 4) is 0 Å². The van der Waals surface area contributed by atoms with Gasteiger partial charge in [-0.15, -0.1) is 5.10 Å². The summed E-state index contributed by atoms with van der Waals surface area (Å²) in [5, 5.41) is 16.1. The second kappa shape index (κ2) is 5.99. The van der Waals surface area contributed by atoms with E-state index in [1.807, 2.05) is 6.92 Å². The lowest BCUT2D eigenvalue weighted by atomic mass is 10.1. The molecule has 21 heavy (non-hydrogen) atoms. The molecule has 0 atom stereocenters. The van der Waals surface area contributed by atoms with E-state index in [4.69, 9.17) is 5.11 Å². The summed E-state index contributed by atoms with van der Waals surface area (Å²) in [6.07, 6.45) is 0.948. The predicted octanol–water partition coefficient (Wildman–Crippen LogP) is 2.72. The van der Waals surface area contributed by atoms with Crippen LogP contribution >= 0.6 is 0 Å². The average molecular weight is 295 g/mol. The van der Waals surface area contributed by atoms with Gasteiger partial charge in [-0.05, 0) is 6.42 Å². The van der Waals surface area contributed by atoms with Gasteiger partial charge in [-0.25, -0.2) is 9.48 Å². The van der Waals surface area contributed by atoms with Crippen molar-refractivity contribution in [3.05, 3.63) is 47.3 Å². The van der Waals surface area contributed by atoms with Gasteiger partial charge in [-0.2, -0.15) is 8.78 Å². The number of rotatable bonds is 6. The molecule has 2 aromatic rings. The zero-order valence-electron chi connectivity index (χ0n) is 11.5. The van der Waals surface area contributed by atoms with Crippen LogP contribution in [0, 0.1) is 0 Å². The van der Waals surface area contributed by atoms with Crippen molar-refractivity contribution in [1.82, 2.24) is 15.0 Å². The van der Waals surface area contributed by atoms with E-state index in [-0.39, 0.29) is 17.0 Å². The van der Waals surface area contributed by atoms with Gasteiger partial charge in [0, 0.05) is 5.56 Å². The molecule has 5 nitrogen and oxygen atoms in total. The number of aromatic nitrogens is 3. The van der Waals surface area contributed by atoms with E-state index in [2.05, 4.69) is 10.3 Å². The highest BCUT2D eigenvalue weighted by Gasteiger charge is 2.34. The predicted molar refractivity (Wildman–Crippen MR) is 71.3 cm³/mol. The number of benzene rings is 1. The van der Waals surface area contributed by atoms with Crippen LogP contribution in [-0.2, 0) is 18.9 Å². The van der Waals surface area contributed by atoms with Crippen LogP contribution in [0.2, 0.25) is 0 Å². The Hall–Kier alpha value is -2.31. The number of nitrogens with zero attached hydrogens (tertiary/aromatic N) is 3. The highest BCUT2D eigenvalue weighted by Crippen LogP contribution is 2.30. The van der Waals surface area contributed by atoms with E-state index in [9.17, 15) is 13.6 Å². The van der Waals surface area contributed by atoms with Crippen LogP contribution in [0.1, 0.15) is 35.1 Å². The molecule has 1 aromatic carbocycles. The Balaban J connectivity index is 2.33. The number of carboxylic acids is 1. The molecule has 0 fully saturated rings. The van der Waals surface area contributed by atoms with Gasteiger partial charge in [-0.1, -0.05) is 48.9 Å². The number of alkyl halides is 2. The second-order valence-corrected chi connectivity index (χ2v) is 4.67. The monoisotopic (exact) mass is 295 g/mol. The zero-order valence-corrected chi connectivity index (χ0v) is 11.5. The van der Waals surface area contributed by atoms with Gasteiger partial charge in [0.1, 0.15) is 6.54 Å². The Morgan fingerprint density at radius 1 is 1.33 bits per heavy atom. The summed E-state index contributed by atoms with van der Waals surface area (Å²) in [4.78, 5) is 11.0. The minimum absolute atomic E-state index is 0.139. The first-order chi connectivity index (χ1) is 9.95. The van der Waals surface area contributed by atoms with Crippen LogP contribution in [0.5, 0.6) is 0 Å². The van der Waals surface area contributed by atoms with E-state index >= 15 is 0 Å². The maximum Gasteiger partial charge on any atom is 0.358 e. The summed E-state index contributed by atoms with van der Waals surface area (Å²) in [6.45, 7) is 1.10. The SMILES string of the molecule is CCCc1c(C(=O)O)nnn1CC(F)(F)c1ccccc1. The first kappa shape index (κ1) is 15.1. The topological polar surface area (TPSA) is 68.0 Å². The van der Waals surface area contributed by atoms with Gasteiger partial charge >= 0.3 is 5.97 Å². The minimum atomic E-state index is -3.15. The fraction of sp³-hybridized carbons (Fsp3) is 0.357. The van der Waals surface area contributed by atoms with Gasteiger partial charge in [0.25, 0.3) is 5.92 Å². The first-order valence-corrected chi connectivity index (χ1v) is 6.54. The lowest BCUT2D eigenvalue weighted by Crippen LogP contribution is -2.24. The quantitative estimate of drug-likeness (QED) is 0.889. The Kier molecular flexibility index (Phi) is 4.30. The Labute approximate surface area is 120 Å². The molecule has 0 amide bonds. The molecular formula is C14H15F2N3O2. The van der Waals surface area contributed by atoms with Crippen molar-refractivity contribution in [2.75, 3.05) is 0 Å². The van der Waals surface area contributed by atoms with Crippen LogP contribution in [0.4, 0.5) is 8.78 Å². The molecule has 0 radical (unpaired) electrons. The van der Waals surface area contributed by atoms with Gasteiger partial charge in [0.05, 0.1) is 5.69 Å². The standard InChI is InChI=1S/C14H15F2N3O2/c1-2-6-11-12(13(20)21)17-18-19(11)9-14(15,16)10-7-4-3-5-8-10/h3-5,7-8H,2,6,9H2,1H3,(H,20,21). The zero-order chi connectivity index (χ0) is 15.5. The van der Waals surface area contributed by atoms with Crippen LogP contribution in [0.15, 0.2) is 30.3 Å². The third kappa shape index (κ3) is 3.24. The summed E-state index contributed by atoms with van der Waals surface area (Å²) < 4.78 is 29.5. The average Bonchev–Trinajstić information content (AvgIpc) is 2.83. The molecule has 1 aromatic heterocycles. The molecule has 0 aliphatic rings. The third-order valence-corrected chi connectivity index (χ3v) is 3.07. The van der Waals surface area contributed by atoms with Crippen molar-refractivity contribution in [3.63, 3.8) is 0 Å². The highest BCUT2D eigenvalue weighted by molar-refractivity contribution is 5.86. The van der Waals surface area contributed by atoms with Crippen LogP contribution in [0.25, 0.3) is 0 Å². The maximum absolute atomic E-state index is 14.2. The van der Waals surface area contributed by atoms with E-state index in [0.29, 0.717) is 12.8 Å². The van der Waals surface area contributed by atoms with Crippen molar-refractivity contribution in [1.29, 1.82) is 0 Å². The Bertz CT molecular complexity index is 626. The summed E-state index contributed by atoms with van der Waals surface area (Å²) in [5.41, 5.74) is -0.179. The largest absolute Gasteiger partial charge is 0.476 e. The van der Waals surface area contributed by atoms with Gasteiger partial charge in [0.15, 0.2) is 5.69 Å². The van der Waals surface area contributed by atoms with Crippen LogP contribution < -0.4 is 0 Å². The number of carbonyl (C=O) groups is 1. The molecule has 112 valence electrons. The number of halogens is 2. The fourth-order valence-corrected chi connectivity index (χ4v) is 2.07. The smallest absolute Gasteiger partial charge is 0.358 e. The van der Waals surface area contributed by atoms with E-state index in [1.54, 1.807) is 6.07 Å². The molecule has 0 bridgehead atoms. The minimum Gasteiger partial charge on any atom is -0.476 e. The Morgan fingerprint density at radius 3 is 2.57 bits per heavy atom. The summed E-state index contributed by atoms with van der Waals surface area (Å²) in [5.74, 6) is -4.40. The van der Waals surface area contributed by atoms with E-state index in [1.165, 1.54) is 24.3 Å². The lowest BCUT2D eigenvalue weighted by molar-refractivity contribution is -0.0266. The van der Waals surface area contributed by atoms with Crippen molar-refractivity contribution < 1.29 is 18.7 Å². The van der Waals surface area contributed by atoms with Crippen molar-refractivity contribution in [2.24, 2.45) is 0 Å².